The van der Waals surface area contributed by atoms with Gasteiger partial charge in [0, 0.05) is 28.6 Å². The number of aryl methyl sites for hydroxylation is 1. The van der Waals surface area contributed by atoms with Crippen molar-refractivity contribution in [2.45, 2.75) is 52.5 Å². The van der Waals surface area contributed by atoms with Gasteiger partial charge in [0.1, 0.15) is 11.6 Å². The maximum absolute atomic E-state index is 11.6. The highest BCUT2D eigenvalue weighted by Crippen LogP contribution is 2.44. The lowest BCUT2D eigenvalue weighted by molar-refractivity contribution is -0.118. The Labute approximate surface area is 225 Å². The van der Waals surface area contributed by atoms with Gasteiger partial charge in [-0.2, -0.15) is 0 Å². The zero-order valence-corrected chi connectivity index (χ0v) is 23.6. The Bertz CT molecular complexity index is 1240. The summed E-state index contributed by atoms with van der Waals surface area (Å²) in [4.78, 5) is 16.4. The molecule has 0 spiro atoms. The molecule has 1 heterocycles. The molecule has 194 valence electrons. The molecular formula is C27H33BrClN3O4. The topological polar surface area (TPSA) is 99.6 Å². The summed E-state index contributed by atoms with van der Waals surface area (Å²) in [6.07, 6.45) is 1.45. The minimum Gasteiger partial charge on any atom is -0.508 e. The number of primary amides is 1. The fourth-order valence-electron chi connectivity index (χ4n) is 4.52. The number of methoxy groups -OCH3 is 2. The van der Waals surface area contributed by atoms with Crippen LogP contribution < -0.4 is 15.2 Å². The van der Waals surface area contributed by atoms with E-state index >= 15 is 0 Å². The zero-order chi connectivity index (χ0) is 26.6. The third-order valence-corrected chi connectivity index (χ3v) is 7.64. The molecule has 2 atom stereocenters. The van der Waals surface area contributed by atoms with Crippen molar-refractivity contribution in [3.05, 3.63) is 68.2 Å². The average Bonchev–Trinajstić information content (AvgIpc) is 3.10. The predicted molar refractivity (Wildman–Crippen MR) is 145 cm³/mol. The number of hydrogen-bond donors (Lipinski definition) is 2. The van der Waals surface area contributed by atoms with Crippen LogP contribution in [0, 0.1) is 19.8 Å². The smallest absolute Gasteiger partial charge is 0.217 e. The molecule has 2 aromatic carbocycles. The highest BCUT2D eigenvalue weighted by atomic mass is 79.9. The number of benzene rings is 2. The summed E-state index contributed by atoms with van der Waals surface area (Å²) in [5, 5.41) is 10.9. The van der Waals surface area contributed by atoms with E-state index in [0.29, 0.717) is 35.9 Å². The van der Waals surface area contributed by atoms with Crippen molar-refractivity contribution in [1.29, 1.82) is 0 Å². The number of rotatable bonds is 11. The van der Waals surface area contributed by atoms with Gasteiger partial charge < -0.3 is 24.9 Å². The lowest BCUT2D eigenvalue weighted by Crippen LogP contribution is -2.20. The van der Waals surface area contributed by atoms with E-state index in [1.807, 2.05) is 32.0 Å². The average molecular weight is 579 g/mol. The molecule has 1 amide bonds. The first kappa shape index (κ1) is 27.9. The van der Waals surface area contributed by atoms with Gasteiger partial charge in [0.05, 0.1) is 31.5 Å². The molecule has 0 saturated carbocycles. The van der Waals surface area contributed by atoms with Crippen molar-refractivity contribution in [2.75, 3.05) is 14.2 Å². The van der Waals surface area contributed by atoms with Crippen LogP contribution in [0.5, 0.6) is 17.2 Å². The zero-order valence-electron chi connectivity index (χ0n) is 21.3. The van der Waals surface area contributed by atoms with E-state index in [1.165, 1.54) is 0 Å². The van der Waals surface area contributed by atoms with Gasteiger partial charge in [0.2, 0.25) is 5.91 Å². The Balaban J connectivity index is 2.07. The van der Waals surface area contributed by atoms with E-state index in [9.17, 15) is 9.90 Å². The summed E-state index contributed by atoms with van der Waals surface area (Å²) in [6.45, 7) is 6.56. The lowest BCUT2D eigenvalue weighted by Gasteiger charge is -2.27. The van der Waals surface area contributed by atoms with Crippen LogP contribution in [0.4, 0.5) is 0 Å². The third kappa shape index (κ3) is 6.16. The molecule has 0 aliphatic carbocycles. The first-order valence-corrected chi connectivity index (χ1v) is 12.9. The second kappa shape index (κ2) is 12.0. The molecule has 1 aromatic heterocycles. The molecule has 0 aliphatic heterocycles. The van der Waals surface area contributed by atoms with E-state index in [-0.39, 0.29) is 29.9 Å². The standard InChI is InChI=1S/C27H33BrClN3O4/c1-15(6-11-24(30)34)21(20-8-10-23(35-4)27(36-5)26(20)29)13-25-31-16(2)17(3)32(25)14-18-12-19(28)7-9-22(18)33/h7-10,12,15,21,33H,6,11,13-14H2,1-5H3,(H2,30,34). The summed E-state index contributed by atoms with van der Waals surface area (Å²) in [5.74, 6) is 1.77. The van der Waals surface area contributed by atoms with Crippen molar-refractivity contribution in [3.8, 4) is 17.2 Å². The fraction of sp³-hybridized carbons (Fsp3) is 0.407. The van der Waals surface area contributed by atoms with Crippen molar-refractivity contribution in [2.24, 2.45) is 11.7 Å². The number of aromatic nitrogens is 2. The van der Waals surface area contributed by atoms with Crippen LogP contribution in [0.3, 0.4) is 0 Å². The van der Waals surface area contributed by atoms with Gasteiger partial charge in [-0.05, 0) is 61.9 Å². The second-order valence-corrected chi connectivity index (χ2v) is 10.3. The van der Waals surface area contributed by atoms with Gasteiger partial charge in [-0.1, -0.05) is 40.5 Å². The molecule has 0 fully saturated rings. The molecule has 9 heteroatoms. The largest absolute Gasteiger partial charge is 0.508 e. The van der Waals surface area contributed by atoms with E-state index in [1.54, 1.807) is 26.4 Å². The Morgan fingerprint density at radius 3 is 2.58 bits per heavy atom. The van der Waals surface area contributed by atoms with Crippen LogP contribution in [0.2, 0.25) is 5.02 Å². The molecule has 3 rings (SSSR count). The number of aromatic hydroxyl groups is 1. The van der Waals surface area contributed by atoms with Crippen molar-refractivity contribution in [3.63, 3.8) is 0 Å². The van der Waals surface area contributed by atoms with Crippen molar-refractivity contribution < 1.29 is 19.4 Å². The number of ether oxygens (including phenoxy) is 2. The van der Waals surface area contributed by atoms with Gasteiger partial charge >= 0.3 is 0 Å². The van der Waals surface area contributed by atoms with Crippen LogP contribution in [0.1, 0.15) is 54.0 Å². The van der Waals surface area contributed by atoms with Crippen LogP contribution in [0.25, 0.3) is 0 Å². The number of nitrogens with zero attached hydrogens (tertiary/aromatic N) is 2. The number of imidazole rings is 1. The number of phenols is 1. The van der Waals surface area contributed by atoms with E-state index in [2.05, 4.69) is 27.4 Å². The molecule has 0 radical (unpaired) electrons. The number of nitrogens with two attached hydrogens (primary N) is 1. The van der Waals surface area contributed by atoms with Crippen molar-refractivity contribution >= 4 is 33.4 Å². The van der Waals surface area contributed by atoms with Gasteiger partial charge in [-0.3, -0.25) is 4.79 Å². The van der Waals surface area contributed by atoms with Gasteiger partial charge in [-0.25, -0.2) is 4.98 Å². The van der Waals surface area contributed by atoms with E-state index in [4.69, 9.17) is 31.8 Å². The molecule has 2 unspecified atom stereocenters. The monoisotopic (exact) mass is 577 g/mol. The quantitative estimate of drug-likeness (QED) is 0.294. The first-order valence-electron chi connectivity index (χ1n) is 11.8. The van der Waals surface area contributed by atoms with Crippen LogP contribution in [-0.4, -0.2) is 34.8 Å². The van der Waals surface area contributed by atoms with Crippen molar-refractivity contribution in [1.82, 2.24) is 9.55 Å². The van der Waals surface area contributed by atoms with Gasteiger partial charge in [-0.15, -0.1) is 0 Å². The molecule has 0 bridgehead atoms. The molecule has 0 saturated heterocycles. The fourth-order valence-corrected chi connectivity index (χ4v) is 5.30. The minimum absolute atomic E-state index is 0.0677. The summed E-state index contributed by atoms with van der Waals surface area (Å²) >= 11 is 10.3. The SMILES string of the molecule is COc1ccc(C(Cc2nc(C)c(C)n2Cc2cc(Br)ccc2O)C(C)CCC(N)=O)c(Cl)c1OC. The maximum Gasteiger partial charge on any atom is 0.217 e. The minimum atomic E-state index is -0.336. The Morgan fingerprint density at radius 1 is 1.22 bits per heavy atom. The van der Waals surface area contributed by atoms with E-state index < -0.39 is 0 Å². The summed E-state index contributed by atoms with van der Waals surface area (Å²) < 4.78 is 14.0. The number of carbonyl (C=O) groups excluding carboxylic acids is 1. The predicted octanol–water partition coefficient (Wildman–Crippen LogP) is 5.91. The Morgan fingerprint density at radius 2 is 1.94 bits per heavy atom. The number of halogens is 2. The number of phenolic OH excluding ortho intramolecular Hbond substituents is 1. The molecule has 3 aromatic rings. The second-order valence-electron chi connectivity index (χ2n) is 9.06. The molecule has 36 heavy (non-hydrogen) atoms. The number of amides is 1. The summed E-state index contributed by atoms with van der Waals surface area (Å²) in [7, 11) is 3.13. The number of hydrogen-bond acceptors (Lipinski definition) is 5. The van der Waals surface area contributed by atoms with Crippen LogP contribution >= 0.6 is 27.5 Å². The number of carbonyl (C=O) groups is 1. The normalized spacial score (nSPS) is 12.9. The Hall–Kier alpha value is -2.71. The maximum atomic E-state index is 11.6. The van der Waals surface area contributed by atoms with Gasteiger partial charge in [0.25, 0.3) is 0 Å². The Kier molecular flexibility index (Phi) is 9.30. The lowest BCUT2D eigenvalue weighted by atomic mass is 9.81. The highest BCUT2D eigenvalue weighted by Gasteiger charge is 2.28. The van der Waals surface area contributed by atoms with Crippen LogP contribution in [0.15, 0.2) is 34.8 Å². The summed E-state index contributed by atoms with van der Waals surface area (Å²) in [6, 6.07) is 9.18. The van der Waals surface area contributed by atoms with Crippen LogP contribution in [-0.2, 0) is 17.8 Å². The van der Waals surface area contributed by atoms with Gasteiger partial charge in [0.15, 0.2) is 11.5 Å². The highest BCUT2D eigenvalue weighted by molar-refractivity contribution is 9.10. The van der Waals surface area contributed by atoms with E-state index in [0.717, 1.165) is 32.8 Å². The summed E-state index contributed by atoms with van der Waals surface area (Å²) in [5.41, 5.74) is 9.07. The first-order chi connectivity index (χ1) is 17.1. The molecule has 7 nitrogen and oxygen atoms in total. The molecule has 3 N–H and O–H groups in total. The molecular weight excluding hydrogens is 546 g/mol. The molecule has 0 aliphatic rings. The third-order valence-electron chi connectivity index (χ3n) is 6.76.